The summed E-state index contributed by atoms with van der Waals surface area (Å²) in [4.78, 5) is 11.5. The Kier molecular flexibility index (Phi) is 5.26. The van der Waals surface area contributed by atoms with Crippen LogP contribution in [-0.2, 0) is 27.0 Å². The Bertz CT molecular complexity index is 494. The monoisotopic (exact) mass is 284 g/mol. The van der Waals surface area contributed by atoms with Crippen LogP contribution in [0.3, 0.4) is 0 Å². The second-order valence-electron chi connectivity index (χ2n) is 5.07. The Morgan fingerprint density at radius 1 is 1.42 bits per heavy atom. The highest BCUT2D eigenvalue weighted by Crippen LogP contribution is 2.31. The van der Waals surface area contributed by atoms with E-state index >= 15 is 0 Å². The summed E-state index contributed by atoms with van der Waals surface area (Å²) >= 11 is -1.94. The molecule has 0 saturated heterocycles. The molecule has 1 unspecified atom stereocenters. The summed E-state index contributed by atoms with van der Waals surface area (Å²) in [5.41, 5.74) is 2.00. The maximum Gasteiger partial charge on any atom is 0.337 e. The molecule has 0 aliphatic heterocycles. The number of carbonyl (C=O) groups is 1. The maximum atomic E-state index is 11.5. The molecule has 0 amide bonds. The smallest absolute Gasteiger partial charge is 0.337 e. The number of hydrogen-bond acceptors (Lipinski definition) is 3. The van der Waals surface area contributed by atoms with Crippen molar-refractivity contribution in [1.82, 2.24) is 0 Å². The van der Waals surface area contributed by atoms with Crippen molar-refractivity contribution in [3.8, 4) is 0 Å². The van der Waals surface area contributed by atoms with Crippen LogP contribution in [0.5, 0.6) is 0 Å². The predicted octanol–water partition coefficient (Wildman–Crippen LogP) is 2.88. The molecule has 0 heterocycles. The SMILES string of the molecule is CCC(C)(C)c1ccc(C(=O)OC)cc1CS(=O)O. The highest BCUT2D eigenvalue weighted by Gasteiger charge is 2.23. The summed E-state index contributed by atoms with van der Waals surface area (Å²) in [5, 5.41) is 0. The molecule has 1 aromatic rings. The van der Waals surface area contributed by atoms with Gasteiger partial charge in [-0.05, 0) is 35.1 Å². The van der Waals surface area contributed by atoms with E-state index in [0.29, 0.717) is 5.56 Å². The zero-order valence-electron chi connectivity index (χ0n) is 11.7. The third-order valence-electron chi connectivity index (χ3n) is 3.42. The first kappa shape index (κ1) is 15.9. The normalized spacial score (nSPS) is 13.1. The zero-order chi connectivity index (χ0) is 14.6. The van der Waals surface area contributed by atoms with E-state index in [4.69, 9.17) is 4.55 Å². The second kappa shape index (κ2) is 6.30. The van der Waals surface area contributed by atoms with Crippen molar-refractivity contribution >= 4 is 17.0 Å². The van der Waals surface area contributed by atoms with Gasteiger partial charge in [0.2, 0.25) is 0 Å². The number of carbonyl (C=O) groups excluding carboxylic acids is 1. The van der Waals surface area contributed by atoms with Gasteiger partial charge in [0.15, 0.2) is 11.1 Å². The minimum Gasteiger partial charge on any atom is -0.465 e. The fourth-order valence-electron chi connectivity index (χ4n) is 1.94. The number of hydrogen-bond donors (Lipinski definition) is 1. The summed E-state index contributed by atoms with van der Waals surface area (Å²) in [6, 6.07) is 5.19. The first-order valence-electron chi connectivity index (χ1n) is 6.11. The van der Waals surface area contributed by atoms with E-state index < -0.39 is 17.0 Å². The molecule has 0 spiro atoms. The Labute approximate surface area is 116 Å². The van der Waals surface area contributed by atoms with Gasteiger partial charge in [-0.1, -0.05) is 26.8 Å². The lowest BCUT2D eigenvalue weighted by Gasteiger charge is -2.26. The largest absolute Gasteiger partial charge is 0.465 e. The molecule has 4 nitrogen and oxygen atoms in total. The lowest BCUT2D eigenvalue weighted by Crippen LogP contribution is -2.19. The first-order valence-corrected chi connectivity index (χ1v) is 7.38. The molecule has 19 heavy (non-hydrogen) atoms. The Balaban J connectivity index is 3.32. The Hall–Kier alpha value is -1.20. The second-order valence-corrected chi connectivity index (χ2v) is 6.00. The number of methoxy groups -OCH3 is 1. The van der Waals surface area contributed by atoms with Gasteiger partial charge in [-0.2, -0.15) is 0 Å². The van der Waals surface area contributed by atoms with Gasteiger partial charge < -0.3 is 9.29 Å². The summed E-state index contributed by atoms with van der Waals surface area (Å²) < 4.78 is 24.9. The van der Waals surface area contributed by atoms with E-state index in [0.717, 1.165) is 17.5 Å². The van der Waals surface area contributed by atoms with E-state index in [1.165, 1.54) is 7.11 Å². The molecule has 0 radical (unpaired) electrons. The van der Waals surface area contributed by atoms with E-state index in [1.807, 2.05) is 6.07 Å². The molecule has 106 valence electrons. The lowest BCUT2D eigenvalue weighted by atomic mass is 9.79. The average molecular weight is 284 g/mol. The third kappa shape index (κ3) is 3.88. The molecule has 0 aliphatic rings. The van der Waals surface area contributed by atoms with Crippen molar-refractivity contribution in [2.45, 2.75) is 38.4 Å². The van der Waals surface area contributed by atoms with E-state index in [1.54, 1.807) is 12.1 Å². The molecule has 1 rings (SSSR count). The van der Waals surface area contributed by atoms with Crippen molar-refractivity contribution in [2.24, 2.45) is 0 Å². The Morgan fingerprint density at radius 3 is 2.53 bits per heavy atom. The van der Waals surface area contributed by atoms with Gasteiger partial charge in [-0.25, -0.2) is 9.00 Å². The zero-order valence-corrected chi connectivity index (χ0v) is 12.5. The fourth-order valence-corrected chi connectivity index (χ4v) is 2.45. The molecule has 0 bridgehead atoms. The van der Waals surface area contributed by atoms with Crippen molar-refractivity contribution in [1.29, 1.82) is 0 Å². The van der Waals surface area contributed by atoms with Crippen LogP contribution in [0.1, 0.15) is 48.7 Å². The van der Waals surface area contributed by atoms with Crippen LogP contribution in [0.2, 0.25) is 0 Å². The van der Waals surface area contributed by atoms with Gasteiger partial charge in [-0.15, -0.1) is 0 Å². The average Bonchev–Trinajstić information content (AvgIpc) is 2.36. The molecular weight excluding hydrogens is 264 g/mol. The highest BCUT2D eigenvalue weighted by molar-refractivity contribution is 7.78. The van der Waals surface area contributed by atoms with Crippen LogP contribution < -0.4 is 0 Å². The van der Waals surface area contributed by atoms with Gasteiger partial charge in [0.25, 0.3) is 0 Å². The lowest BCUT2D eigenvalue weighted by molar-refractivity contribution is 0.0600. The minimum atomic E-state index is -1.94. The van der Waals surface area contributed by atoms with Crippen LogP contribution in [0.25, 0.3) is 0 Å². The van der Waals surface area contributed by atoms with E-state index in [2.05, 4.69) is 25.5 Å². The van der Waals surface area contributed by atoms with Crippen molar-refractivity contribution in [3.63, 3.8) is 0 Å². The van der Waals surface area contributed by atoms with Crippen molar-refractivity contribution in [2.75, 3.05) is 7.11 Å². The van der Waals surface area contributed by atoms with Gasteiger partial charge in [-0.3, -0.25) is 0 Å². The minimum absolute atomic E-state index is 0.0175. The molecule has 0 fully saturated rings. The predicted molar refractivity (Wildman–Crippen MR) is 75.6 cm³/mol. The van der Waals surface area contributed by atoms with Gasteiger partial charge in [0.1, 0.15) is 0 Å². The van der Waals surface area contributed by atoms with E-state index in [9.17, 15) is 9.00 Å². The summed E-state index contributed by atoms with van der Waals surface area (Å²) in [6.45, 7) is 6.21. The number of ether oxygens (including phenoxy) is 1. The molecular formula is C14H20O4S. The van der Waals surface area contributed by atoms with Crippen LogP contribution in [0.4, 0.5) is 0 Å². The third-order valence-corrected chi connectivity index (χ3v) is 3.98. The quantitative estimate of drug-likeness (QED) is 0.667. The molecule has 1 atom stereocenters. The van der Waals surface area contributed by atoms with Crippen molar-refractivity contribution < 1.29 is 18.3 Å². The van der Waals surface area contributed by atoms with Crippen LogP contribution >= 0.6 is 0 Å². The number of esters is 1. The topological polar surface area (TPSA) is 63.6 Å². The summed E-state index contributed by atoms with van der Waals surface area (Å²) in [7, 11) is 1.32. The number of rotatable bonds is 5. The number of benzene rings is 1. The molecule has 0 aromatic heterocycles. The molecule has 1 aromatic carbocycles. The van der Waals surface area contributed by atoms with Gasteiger partial charge in [0, 0.05) is 0 Å². The highest BCUT2D eigenvalue weighted by atomic mass is 32.2. The molecule has 1 N–H and O–H groups in total. The van der Waals surface area contributed by atoms with Crippen molar-refractivity contribution in [3.05, 3.63) is 34.9 Å². The first-order chi connectivity index (χ1) is 8.81. The van der Waals surface area contributed by atoms with E-state index in [-0.39, 0.29) is 11.2 Å². The van der Waals surface area contributed by atoms with Gasteiger partial charge in [0.05, 0.1) is 18.4 Å². The fraction of sp³-hybridized carbons (Fsp3) is 0.500. The molecule has 0 saturated carbocycles. The van der Waals surface area contributed by atoms with Crippen LogP contribution in [-0.4, -0.2) is 21.8 Å². The summed E-state index contributed by atoms with van der Waals surface area (Å²) in [6.07, 6.45) is 0.898. The molecule has 5 heteroatoms. The maximum absolute atomic E-state index is 11.5. The molecule has 0 aliphatic carbocycles. The summed E-state index contributed by atoms with van der Waals surface area (Å²) in [5.74, 6) is -0.422. The Morgan fingerprint density at radius 2 is 2.05 bits per heavy atom. The van der Waals surface area contributed by atoms with Crippen LogP contribution in [0.15, 0.2) is 18.2 Å². The standard InChI is InChI=1S/C14H20O4S/c1-5-14(2,3)12-7-6-10(13(15)18-4)8-11(12)9-19(16)17/h6-8H,5,9H2,1-4H3,(H,16,17). The van der Waals surface area contributed by atoms with Gasteiger partial charge >= 0.3 is 5.97 Å². The van der Waals surface area contributed by atoms with Crippen LogP contribution in [0, 0.1) is 0 Å².